The largest absolute Gasteiger partial charge is 0.396 e. The number of nitrogens with two attached hydrogens (primary N) is 2. The summed E-state index contributed by atoms with van der Waals surface area (Å²) in [6, 6.07) is 12.2. The number of hydrogen-bond acceptors (Lipinski definition) is 4. The second-order valence-electron chi connectivity index (χ2n) is 4.45. The van der Waals surface area contributed by atoms with Crippen molar-refractivity contribution in [3.8, 4) is 0 Å². The minimum Gasteiger partial charge on any atom is -0.396 e. The first kappa shape index (κ1) is 12.2. The van der Waals surface area contributed by atoms with Crippen LogP contribution in [0, 0.1) is 6.92 Å². The average Bonchev–Trinajstić information content (AvgIpc) is 2.34. The van der Waals surface area contributed by atoms with Gasteiger partial charge in [-0.05, 0) is 31.5 Å². The highest BCUT2D eigenvalue weighted by Gasteiger charge is 2.06. The topological polar surface area (TPSA) is 77.0 Å². The second kappa shape index (κ2) is 4.96. The third-order valence-electron chi connectivity index (χ3n) is 2.90. The molecule has 1 aromatic heterocycles. The molecule has 18 heavy (non-hydrogen) atoms. The third kappa shape index (κ3) is 2.71. The van der Waals surface area contributed by atoms with Gasteiger partial charge in [0.1, 0.15) is 11.6 Å². The van der Waals surface area contributed by atoms with Gasteiger partial charge in [-0.3, -0.25) is 0 Å². The Morgan fingerprint density at radius 3 is 2.33 bits per heavy atom. The number of anilines is 3. The number of aromatic nitrogens is 1. The Hall–Kier alpha value is -2.23. The maximum Gasteiger partial charge on any atom is 0.149 e. The summed E-state index contributed by atoms with van der Waals surface area (Å²) in [5.74, 6) is 1.09. The average molecular weight is 242 g/mol. The van der Waals surface area contributed by atoms with E-state index in [2.05, 4.69) is 48.4 Å². The zero-order chi connectivity index (χ0) is 13.1. The smallest absolute Gasteiger partial charge is 0.149 e. The van der Waals surface area contributed by atoms with E-state index < -0.39 is 0 Å². The molecule has 0 aliphatic carbocycles. The van der Waals surface area contributed by atoms with Crippen LogP contribution in [0.3, 0.4) is 0 Å². The van der Waals surface area contributed by atoms with Crippen molar-refractivity contribution in [3.05, 3.63) is 47.5 Å². The van der Waals surface area contributed by atoms with Crippen LogP contribution in [0.1, 0.15) is 24.1 Å². The van der Waals surface area contributed by atoms with E-state index in [9.17, 15) is 0 Å². The van der Waals surface area contributed by atoms with Crippen molar-refractivity contribution in [3.63, 3.8) is 0 Å². The van der Waals surface area contributed by atoms with E-state index in [1.54, 1.807) is 6.07 Å². The molecule has 0 fully saturated rings. The minimum atomic E-state index is 0.168. The summed E-state index contributed by atoms with van der Waals surface area (Å²) in [6.45, 7) is 4.16. The van der Waals surface area contributed by atoms with E-state index in [0.29, 0.717) is 11.5 Å². The van der Waals surface area contributed by atoms with Crippen molar-refractivity contribution in [2.24, 2.45) is 0 Å². The van der Waals surface area contributed by atoms with Crippen molar-refractivity contribution >= 4 is 17.3 Å². The number of nitrogens with one attached hydrogen (secondary N) is 1. The number of hydrogen-bond donors (Lipinski definition) is 3. The molecule has 2 aromatic rings. The van der Waals surface area contributed by atoms with E-state index in [4.69, 9.17) is 11.5 Å². The highest BCUT2D eigenvalue weighted by Crippen LogP contribution is 2.21. The van der Waals surface area contributed by atoms with Crippen molar-refractivity contribution in [1.29, 1.82) is 0 Å². The molecule has 0 saturated carbocycles. The Morgan fingerprint density at radius 2 is 1.72 bits per heavy atom. The number of pyridine rings is 1. The Labute approximate surface area is 107 Å². The van der Waals surface area contributed by atoms with Crippen LogP contribution in [0.2, 0.25) is 0 Å². The van der Waals surface area contributed by atoms with Gasteiger partial charge in [0.05, 0.1) is 5.69 Å². The molecule has 0 amide bonds. The summed E-state index contributed by atoms with van der Waals surface area (Å²) in [5.41, 5.74) is 14.3. The number of nitrogen functional groups attached to an aromatic ring is 2. The lowest BCUT2D eigenvalue weighted by molar-refractivity contribution is 0.875. The molecule has 1 atom stereocenters. The van der Waals surface area contributed by atoms with Gasteiger partial charge in [0.25, 0.3) is 0 Å². The molecule has 0 aliphatic heterocycles. The van der Waals surface area contributed by atoms with Gasteiger partial charge in [-0.2, -0.15) is 0 Å². The number of benzene rings is 1. The lowest BCUT2D eigenvalue weighted by Crippen LogP contribution is -2.09. The Balaban J connectivity index is 2.13. The molecule has 1 unspecified atom stereocenters. The van der Waals surface area contributed by atoms with E-state index in [-0.39, 0.29) is 6.04 Å². The highest BCUT2D eigenvalue weighted by atomic mass is 15.0. The van der Waals surface area contributed by atoms with Gasteiger partial charge >= 0.3 is 0 Å². The lowest BCUT2D eigenvalue weighted by atomic mass is 10.1. The van der Waals surface area contributed by atoms with Gasteiger partial charge in [-0.15, -0.1) is 0 Å². The molecule has 4 heteroatoms. The van der Waals surface area contributed by atoms with Crippen LogP contribution in [0.15, 0.2) is 36.4 Å². The molecule has 4 nitrogen and oxygen atoms in total. The molecular weight excluding hydrogens is 224 g/mol. The first-order chi connectivity index (χ1) is 8.56. The first-order valence-corrected chi connectivity index (χ1v) is 5.91. The Morgan fingerprint density at radius 1 is 1.06 bits per heavy atom. The fraction of sp³-hybridized carbons (Fsp3) is 0.214. The SMILES string of the molecule is Cc1ccc(C(C)Nc2ccc(N)c(N)n2)cc1. The van der Waals surface area contributed by atoms with Gasteiger partial charge in [-0.25, -0.2) is 4.98 Å². The van der Waals surface area contributed by atoms with E-state index in [1.165, 1.54) is 11.1 Å². The molecule has 1 aromatic carbocycles. The Bertz CT molecular complexity index is 534. The second-order valence-corrected chi connectivity index (χ2v) is 4.45. The van der Waals surface area contributed by atoms with E-state index >= 15 is 0 Å². The molecule has 0 bridgehead atoms. The number of nitrogens with zero attached hydrogens (tertiary/aromatic N) is 1. The molecule has 94 valence electrons. The van der Waals surface area contributed by atoms with Gasteiger partial charge in [0.2, 0.25) is 0 Å². The molecule has 1 heterocycles. The quantitative estimate of drug-likeness (QED) is 0.773. The maximum atomic E-state index is 5.68. The van der Waals surface area contributed by atoms with Crippen LogP contribution < -0.4 is 16.8 Å². The maximum absolute atomic E-state index is 5.68. The normalized spacial score (nSPS) is 12.1. The van der Waals surface area contributed by atoms with Gasteiger partial charge in [0, 0.05) is 6.04 Å². The summed E-state index contributed by atoms with van der Waals surface area (Å²) >= 11 is 0. The van der Waals surface area contributed by atoms with Gasteiger partial charge < -0.3 is 16.8 Å². The molecule has 2 rings (SSSR count). The first-order valence-electron chi connectivity index (χ1n) is 5.91. The van der Waals surface area contributed by atoms with Crippen LogP contribution >= 0.6 is 0 Å². The predicted octanol–water partition coefficient (Wildman–Crippen LogP) is 2.73. The molecular formula is C14H18N4. The Kier molecular flexibility index (Phi) is 3.37. The standard InChI is InChI=1S/C14H18N4/c1-9-3-5-11(6-4-9)10(2)17-13-8-7-12(15)14(16)18-13/h3-8,10H,15H2,1-2H3,(H3,16,17,18). The van der Waals surface area contributed by atoms with Crippen molar-refractivity contribution in [1.82, 2.24) is 4.98 Å². The number of rotatable bonds is 3. The van der Waals surface area contributed by atoms with Crippen LogP contribution in [-0.4, -0.2) is 4.98 Å². The zero-order valence-corrected chi connectivity index (χ0v) is 10.6. The monoisotopic (exact) mass is 242 g/mol. The summed E-state index contributed by atoms with van der Waals surface area (Å²) in [7, 11) is 0. The van der Waals surface area contributed by atoms with Crippen molar-refractivity contribution < 1.29 is 0 Å². The predicted molar refractivity (Wildman–Crippen MR) is 76.3 cm³/mol. The van der Waals surface area contributed by atoms with Crippen LogP contribution in [0.25, 0.3) is 0 Å². The summed E-state index contributed by atoms with van der Waals surface area (Å²) in [4.78, 5) is 4.20. The fourth-order valence-electron chi connectivity index (χ4n) is 1.73. The van der Waals surface area contributed by atoms with E-state index in [0.717, 1.165) is 5.82 Å². The molecule has 0 radical (unpaired) electrons. The van der Waals surface area contributed by atoms with Crippen LogP contribution in [-0.2, 0) is 0 Å². The van der Waals surface area contributed by atoms with Crippen molar-refractivity contribution in [2.45, 2.75) is 19.9 Å². The lowest BCUT2D eigenvalue weighted by Gasteiger charge is -2.15. The molecule has 5 N–H and O–H groups in total. The minimum absolute atomic E-state index is 0.168. The highest BCUT2D eigenvalue weighted by molar-refractivity contribution is 5.61. The van der Waals surface area contributed by atoms with Crippen molar-refractivity contribution in [2.75, 3.05) is 16.8 Å². The van der Waals surface area contributed by atoms with E-state index in [1.807, 2.05) is 6.07 Å². The summed E-state index contributed by atoms with van der Waals surface area (Å²) < 4.78 is 0. The third-order valence-corrected chi connectivity index (χ3v) is 2.90. The van der Waals surface area contributed by atoms with Gasteiger partial charge in [-0.1, -0.05) is 29.8 Å². The summed E-state index contributed by atoms with van der Waals surface area (Å²) in [6.07, 6.45) is 0. The molecule has 0 aliphatic rings. The summed E-state index contributed by atoms with van der Waals surface area (Å²) in [5, 5.41) is 3.30. The zero-order valence-electron chi connectivity index (χ0n) is 10.6. The van der Waals surface area contributed by atoms with Crippen LogP contribution in [0.5, 0.6) is 0 Å². The van der Waals surface area contributed by atoms with Gasteiger partial charge in [0.15, 0.2) is 0 Å². The number of aryl methyl sites for hydroxylation is 1. The molecule has 0 spiro atoms. The molecule has 0 saturated heterocycles. The van der Waals surface area contributed by atoms with Crippen LogP contribution in [0.4, 0.5) is 17.3 Å². The fourth-order valence-corrected chi connectivity index (χ4v) is 1.73.